The molecule has 10 heteroatoms. The van der Waals surface area contributed by atoms with Crippen LogP contribution in [0.1, 0.15) is 32.6 Å². The minimum absolute atomic E-state index is 0.122. The summed E-state index contributed by atoms with van der Waals surface area (Å²) >= 11 is 6.90. The summed E-state index contributed by atoms with van der Waals surface area (Å²) in [7, 11) is -1.20. The number of hydrogen-bond donors (Lipinski definition) is 0. The highest BCUT2D eigenvalue weighted by molar-refractivity contribution is 6.76. The second kappa shape index (κ2) is 9.74. The molecule has 0 spiro atoms. The molecule has 0 N–H and O–H groups in total. The zero-order valence-electron chi connectivity index (χ0n) is 22.5. The first kappa shape index (κ1) is 25.5. The fraction of sp³-hybridized carbons (Fsp3) is 0.536. The number of benzene rings is 1. The lowest BCUT2D eigenvalue weighted by Crippen LogP contribution is -2.44. The Morgan fingerprint density at radius 2 is 1.89 bits per heavy atom. The fourth-order valence-electron chi connectivity index (χ4n) is 6.03. The van der Waals surface area contributed by atoms with Crippen LogP contribution in [0.5, 0.6) is 0 Å². The van der Waals surface area contributed by atoms with Gasteiger partial charge >= 0.3 is 0 Å². The molecule has 38 heavy (non-hydrogen) atoms. The van der Waals surface area contributed by atoms with Crippen molar-refractivity contribution in [1.82, 2.24) is 14.5 Å². The van der Waals surface area contributed by atoms with Gasteiger partial charge in [-0.2, -0.15) is 0 Å². The Morgan fingerprint density at radius 3 is 2.61 bits per heavy atom. The molecule has 0 amide bonds. The predicted octanol–water partition coefficient (Wildman–Crippen LogP) is 5.08. The number of hydrogen-bond acceptors (Lipinski definition) is 6. The van der Waals surface area contributed by atoms with E-state index >= 15 is 0 Å². The molecule has 6 rings (SSSR count). The fourth-order valence-corrected chi connectivity index (χ4v) is 7.10. The average molecular weight is 548 g/mol. The lowest BCUT2D eigenvalue weighted by atomic mass is 9.98. The van der Waals surface area contributed by atoms with Crippen LogP contribution in [0.4, 0.5) is 5.82 Å². The van der Waals surface area contributed by atoms with Gasteiger partial charge in [-0.15, -0.1) is 0 Å². The van der Waals surface area contributed by atoms with Crippen molar-refractivity contribution in [1.29, 1.82) is 0 Å². The molecule has 0 aliphatic carbocycles. The van der Waals surface area contributed by atoms with Crippen LogP contribution in [-0.2, 0) is 11.5 Å². The lowest BCUT2D eigenvalue weighted by molar-refractivity contribution is 0.0899. The van der Waals surface area contributed by atoms with Crippen molar-refractivity contribution < 1.29 is 4.74 Å². The molecule has 1 aromatic carbocycles. The highest BCUT2D eigenvalue weighted by Gasteiger charge is 2.44. The number of anilines is 1. The first-order chi connectivity index (χ1) is 18.2. The number of nitrogens with zero attached hydrogens (tertiary/aromatic N) is 7. The van der Waals surface area contributed by atoms with Gasteiger partial charge in [0, 0.05) is 56.9 Å². The van der Waals surface area contributed by atoms with E-state index in [2.05, 4.69) is 50.1 Å². The normalized spacial score (nSPS) is 24.3. The van der Waals surface area contributed by atoms with Gasteiger partial charge in [0.15, 0.2) is 5.65 Å². The molecule has 0 saturated carbocycles. The number of ether oxygens (including phenoxy) is 1. The van der Waals surface area contributed by atoms with Crippen LogP contribution in [0, 0.1) is 6.57 Å². The standard InChI is InChI=1S/C28H34ClN7OSi/c1-17-32-23-9-8-21(25(29)27(23)33-17)22-15-35(16-37-10-11-38(3,4)5)28-26(22)31-14-24(34-28)36-19-6-7-20(36)13-18(12-19)30-2/h8-9,14-15,17-20H,6-7,10-13,16H2,1,3-5H3/t17?,18?,19-,20+. The van der Waals surface area contributed by atoms with Crippen molar-refractivity contribution in [2.24, 2.45) is 9.98 Å². The Hall–Kier alpha value is -2.80. The molecule has 4 atom stereocenters. The molecular formula is C28H34ClN7OSi. The first-order valence-electron chi connectivity index (χ1n) is 13.5. The highest BCUT2D eigenvalue weighted by atomic mass is 35.5. The summed E-state index contributed by atoms with van der Waals surface area (Å²) in [5, 5.41) is 2.17. The van der Waals surface area contributed by atoms with Gasteiger partial charge < -0.3 is 19.0 Å². The maximum absolute atomic E-state index is 7.53. The van der Waals surface area contributed by atoms with Crippen LogP contribution < -0.4 is 15.6 Å². The molecule has 3 aliphatic rings. The number of fused-ring (bicyclic) bond motifs is 4. The van der Waals surface area contributed by atoms with Crippen molar-refractivity contribution in [3.63, 3.8) is 0 Å². The van der Waals surface area contributed by atoms with E-state index in [1.165, 1.54) is 0 Å². The summed E-state index contributed by atoms with van der Waals surface area (Å²) in [6, 6.07) is 5.93. The van der Waals surface area contributed by atoms with Gasteiger partial charge in [-0.25, -0.2) is 16.5 Å². The van der Waals surface area contributed by atoms with Gasteiger partial charge in [-0.3, -0.25) is 9.98 Å². The molecule has 2 unspecified atom stereocenters. The van der Waals surface area contributed by atoms with Crippen molar-refractivity contribution in [3.05, 3.63) is 51.7 Å². The molecule has 2 saturated heterocycles. The Kier molecular flexibility index (Phi) is 6.53. The zero-order chi connectivity index (χ0) is 26.6. The van der Waals surface area contributed by atoms with Gasteiger partial charge in [0.25, 0.3) is 0 Å². The topological polar surface area (TPSA) is 72.3 Å². The SMILES string of the molecule is [C-]#[N+]C1C[C@H]2CC[C@@H](C1)N2c1cnc2c(-c3ccc4c(c3Cl)=NC(C)N=4)cn(COCC[Si](C)(C)C)c2n1. The molecule has 0 radical (unpaired) electrons. The van der Waals surface area contributed by atoms with Crippen LogP contribution in [-0.4, -0.2) is 53.5 Å². The van der Waals surface area contributed by atoms with Gasteiger partial charge in [-0.1, -0.05) is 37.3 Å². The van der Waals surface area contributed by atoms with Crippen molar-refractivity contribution in [2.75, 3.05) is 11.5 Å². The molecular weight excluding hydrogens is 514 g/mol. The third kappa shape index (κ3) is 4.63. The second-order valence-corrected chi connectivity index (χ2v) is 18.0. The van der Waals surface area contributed by atoms with E-state index < -0.39 is 8.07 Å². The predicted molar refractivity (Wildman–Crippen MR) is 153 cm³/mol. The van der Waals surface area contributed by atoms with Crippen molar-refractivity contribution in [2.45, 2.75) is 89.3 Å². The summed E-state index contributed by atoms with van der Waals surface area (Å²) in [5.74, 6) is 0.893. The maximum atomic E-state index is 7.53. The molecule has 8 nitrogen and oxygen atoms in total. The third-order valence-electron chi connectivity index (χ3n) is 7.96. The summed E-state index contributed by atoms with van der Waals surface area (Å²) in [4.78, 5) is 25.6. The smallest absolute Gasteiger partial charge is 0.227 e. The van der Waals surface area contributed by atoms with E-state index in [-0.39, 0.29) is 12.2 Å². The van der Waals surface area contributed by atoms with E-state index in [0.717, 1.165) is 77.2 Å². The van der Waals surface area contributed by atoms with E-state index in [0.29, 0.717) is 23.8 Å². The first-order valence-corrected chi connectivity index (χ1v) is 17.6. The second-order valence-electron chi connectivity index (χ2n) is 12.0. The maximum Gasteiger partial charge on any atom is 0.227 e. The van der Waals surface area contributed by atoms with Crippen LogP contribution in [0.15, 0.2) is 34.5 Å². The quantitative estimate of drug-likeness (QED) is 0.235. The van der Waals surface area contributed by atoms with Crippen LogP contribution in [0.2, 0.25) is 30.7 Å². The van der Waals surface area contributed by atoms with E-state index in [9.17, 15) is 0 Å². The van der Waals surface area contributed by atoms with Gasteiger partial charge in [0.05, 0.1) is 16.6 Å². The van der Waals surface area contributed by atoms with Crippen molar-refractivity contribution >= 4 is 36.7 Å². The van der Waals surface area contributed by atoms with Crippen molar-refractivity contribution in [3.8, 4) is 11.1 Å². The highest BCUT2D eigenvalue weighted by Crippen LogP contribution is 2.40. The molecule has 5 heterocycles. The molecule has 3 aliphatic heterocycles. The number of rotatable bonds is 7. The van der Waals surface area contributed by atoms with E-state index in [1.54, 1.807) is 0 Å². The van der Waals surface area contributed by atoms with Gasteiger partial charge in [0.2, 0.25) is 6.04 Å². The number of halogens is 1. The molecule has 2 bridgehead atoms. The summed E-state index contributed by atoms with van der Waals surface area (Å²) in [6.07, 6.45) is 7.87. The number of aromatic nitrogens is 3. The summed E-state index contributed by atoms with van der Waals surface area (Å²) in [6.45, 7) is 17.7. The monoisotopic (exact) mass is 547 g/mol. The Balaban J connectivity index is 1.40. The van der Waals surface area contributed by atoms with Crippen LogP contribution in [0.3, 0.4) is 0 Å². The molecule has 3 aromatic rings. The largest absolute Gasteiger partial charge is 0.361 e. The molecule has 2 aromatic heterocycles. The van der Waals surface area contributed by atoms with Crippen LogP contribution >= 0.6 is 11.6 Å². The molecule has 198 valence electrons. The Bertz CT molecular complexity index is 1540. The summed E-state index contributed by atoms with van der Waals surface area (Å²) < 4.78 is 8.22. The Labute approximate surface area is 229 Å². The van der Waals surface area contributed by atoms with Gasteiger partial charge in [0.1, 0.15) is 29.6 Å². The minimum atomic E-state index is -1.20. The minimum Gasteiger partial charge on any atom is -0.361 e. The third-order valence-corrected chi connectivity index (χ3v) is 10.0. The van der Waals surface area contributed by atoms with Crippen LogP contribution in [0.25, 0.3) is 27.1 Å². The molecule has 2 fully saturated rings. The lowest BCUT2D eigenvalue weighted by Gasteiger charge is -2.35. The van der Waals surface area contributed by atoms with Gasteiger partial charge in [-0.05, 0) is 31.9 Å². The zero-order valence-corrected chi connectivity index (χ0v) is 24.2. The van der Waals surface area contributed by atoms with E-state index in [4.69, 9.17) is 32.9 Å². The van der Waals surface area contributed by atoms with E-state index in [1.807, 2.05) is 25.3 Å². The summed E-state index contributed by atoms with van der Waals surface area (Å²) in [5.41, 5.74) is 3.40. The average Bonchev–Trinajstić information content (AvgIpc) is 3.52. The Morgan fingerprint density at radius 1 is 1.13 bits per heavy atom. The number of piperidine rings is 1.